The Labute approximate surface area is 172 Å². The molecule has 2 heterocycles. The van der Waals surface area contributed by atoms with Gasteiger partial charge in [-0.2, -0.15) is 0 Å². The molecule has 1 fully saturated rings. The number of hydrogen-bond acceptors (Lipinski definition) is 3. The van der Waals surface area contributed by atoms with Gasteiger partial charge in [-0.3, -0.25) is 9.78 Å². The van der Waals surface area contributed by atoms with E-state index in [4.69, 9.17) is 11.6 Å². The van der Waals surface area contributed by atoms with E-state index in [1.807, 2.05) is 4.90 Å². The van der Waals surface area contributed by atoms with Crippen LogP contribution in [0.3, 0.4) is 0 Å². The van der Waals surface area contributed by atoms with Crippen molar-refractivity contribution in [1.29, 1.82) is 0 Å². The van der Waals surface area contributed by atoms with Crippen LogP contribution >= 0.6 is 11.6 Å². The second-order valence-corrected chi connectivity index (χ2v) is 7.63. The number of pyridine rings is 1. The molecule has 150 valence electrons. The molecule has 0 saturated carbocycles. The third-order valence-corrected chi connectivity index (χ3v) is 5.33. The van der Waals surface area contributed by atoms with Crippen molar-refractivity contribution >= 4 is 34.1 Å². The van der Waals surface area contributed by atoms with Crippen molar-refractivity contribution in [3.63, 3.8) is 0 Å². The average Bonchev–Trinajstić information content (AvgIpc) is 2.71. The number of amides is 1. The smallest absolute Gasteiger partial charge is 0.257 e. The van der Waals surface area contributed by atoms with Crippen LogP contribution in [0.4, 0.5) is 14.5 Å². The molecule has 4 nitrogen and oxygen atoms in total. The molecule has 0 spiro atoms. The highest BCUT2D eigenvalue weighted by atomic mass is 35.5. The first-order chi connectivity index (χ1) is 14.0. The second-order valence-electron chi connectivity index (χ2n) is 7.19. The van der Waals surface area contributed by atoms with Crippen LogP contribution in [-0.2, 0) is 6.54 Å². The minimum absolute atomic E-state index is 0.105. The van der Waals surface area contributed by atoms with Gasteiger partial charge < -0.3 is 10.2 Å². The first-order valence-electron chi connectivity index (χ1n) is 9.57. The number of hydrogen-bond donors (Lipinski definition) is 1. The van der Waals surface area contributed by atoms with E-state index < -0.39 is 11.6 Å². The maximum Gasteiger partial charge on any atom is 0.257 e. The Bertz CT molecular complexity index is 1050. The van der Waals surface area contributed by atoms with Gasteiger partial charge in [0.15, 0.2) is 0 Å². The van der Waals surface area contributed by atoms with Gasteiger partial charge in [0, 0.05) is 42.3 Å². The SMILES string of the molecule is O=C(c1cnc2ccc(Cl)cc2c1NCc1cc(F)cc(F)c1)N1CCCCC1. The summed E-state index contributed by atoms with van der Waals surface area (Å²) in [7, 11) is 0. The predicted molar refractivity (Wildman–Crippen MR) is 110 cm³/mol. The van der Waals surface area contributed by atoms with E-state index in [0.29, 0.717) is 45.8 Å². The molecule has 1 saturated heterocycles. The first-order valence-corrected chi connectivity index (χ1v) is 9.95. The summed E-state index contributed by atoms with van der Waals surface area (Å²) in [5.74, 6) is -1.39. The monoisotopic (exact) mass is 415 g/mol. The van der Waals surface area contributed by atoms with Crippen molar-refractivity contribution in [2.75, 3.05) is 18.4 Å². The van der Waals surface area contributed by atoms with Crippen molar-refractivity contribution in [2.24, 2.45) is 0 Å². The number of carbonyl (C=O) groups excluding carboxylic acids is 1. The number of halogens is 3. The molecule has 0 aliphatic carbocycles. The summed E-state index contributed by atoms with van der Waals surface area (Å²) in [5.41, 5.74) is 2.11. The van der Waals surface area contributed by atoms with Crippen molar-refractivity contribution in [3.8, 4) is 0 Å². The number of benzene rings is 2. The number of nitrogens with zero attached hydrogens (tertiary/aromatic N) is 2. The molecule has 1 amide bonds. The fourth-order valence-corrected chi connectivity index (χ4v) is 3.86. The molecule has 2 aromatic carbocycles. The fraction of sp³-hybridized carbons (Fsp3) is 0.273. The van der Waals surface area contributed by atoms with Crippen molar-refractivity contribution in [3.05, 3.63) is 70.4 Å². The Balaban J connectivity index is 1.73. The van der Waals surface area contributed by atoms with Gasteiger partial charge in [0.25, 0.3) is 5.91 Å². The standard InChI is InChI=1S/C22H20ClF2N3O/c23-15-4-5-20-18(10-15)21(27-12-14-8-16(24)11-17(25)9-14)19(13-26-20)22(29)28-6-2-1-3-7-28/h4-5,8-11,13H,1-3,6-7,12H2,(H,26,27). The summed E-state index contributed by atoms with van der Waals surface area (Å²) in [6.07, 6.45) is 4.63. The lowest BCUT2D eigenvalue weighted by Gasteiger charge is -2.27. The number of piperidine rings is 1. The zero-order valence-corrected chi connectivity index (χ0v) is 16.5. The zero-order chi connectivity index (χ0) is 20.4. The van der Waals surface area contributed by atoms with Gasteiger partial charge in [0.1, 0.15) is 11.6 Å². The van der Waals surface area contributed by atoms with E-state index in [9.17, 15) is 13.6 Å². The van der Waals surface area contributed by atoms with Crippen molar-refractivity contribution in [1.82, 2.24) is 9.88 Å². The van der Waals surface area contributed by atoms with Crippen LogP contribution in [-0.4, -0.2) is 28.9 Å². The minimum Gasteiger partial charge on any atom is -0.380 e. The molecule has 0 unspecified atom stereocenters. The number of likely N-dealkylation sites (tertiary alicyclic amines) is 1. The molecular weight excluding hydrogens is 396 g/mol. The third-order valence-electron chi connectivity index (χ3n) is 5.10. The maximum atomic E-state index is 13.6. The zero-order valence-electron chi connectivity index (χ0n) is 15.7. The molecule has 0 atom stereocenters. The molecule has 0 bridgehead atoms. The molecule has 1 aliphatic rings. The third kappa shape index (κ3) is 4.32. The van der Waals surface area contributed by atoms with E-state index in [2.05, 4.69) is 10.3 Å². The lowest BCUT2D eigenvalue weighted by Crippen LogP contribution is -2.36. The Kier molecular flexibility index (Phi) is 5.62. The van der Waals surface area contributed by atoms with E-state index >= 15 is 0 Å². The highest BCUT2D eigenvalue weighted by Crippen LogP contribution is 2.30. The fourth-order valence-electron chi connectivity index (χ4n) is 3.69. The summed E-state index contributed by atoms with van der Waals surface area (Å²) >= 11 is 6.18. The summed E-state index contributed by atoms with van der Waals surface area (Å²) in [4.78, 5) is 19.4. The highest BCUT2D eigenvalue weighted by molar-refractivity contribution is 6.31. The molecule has 4 rings (SSSR count). The van der Waals surface area contributed by atoms with Crippen LogP contribution in [0.15, 0.2) is 42.6 Å². The predicted octanol–water partition coefficient (Wildman–Crippen LogP) is 5.40. The van der Waals surface area contributed by atoms with Crippen molar-refractivity contribution < 1.29 is 13.6 Å². The lowest BCUT2D eigenvalue weighted by atomic mass is 10.1. The van der Waals surface area contributed by atoms with Crippen LogP contribution in [0, 0.1) is 11.6 Å². The summed E-state index contributed by atoms with van der Waals surface area (Å²) < 4.78 is 27.1. The highest BCUT2D eigenvalue weighted by Gasteiger charge is 2.23. The number of nitrogens with one attached hydrogen (secondary N) is 1. The van der Waals surface area contributed by atoms with Crippen LogP contribution < -0.4 is 5.32 Å². The normalized spacial score (nSPS) is 14.2. The minimum atomic E-state index is -0.644. The van der Waals surface area contributed by atoms with Crippen LogP contribution in [0.25, 0.3) is 10.9 Å². The lowest BCUT2D eigenvalue weighted by molar-refractivity contribution is 0.0725. The number of aromatic nitrogens is 1. The van der Waals surface area contributed by atoms with Gasteiger partial charge in [-0.05, 0) is 55.2 Å². The van der Waals surface area contributed by atoms with Crippen LogP contribution in [0.5, 0.6) is 0 Å². The Morgan fingerprint density at radius 3 is 2.52 bits per heavy atom. The molecule has 3 aromatic rings. The van der Waals surface area contributed by atoms with E-state index in [-0.39, 0.29) is 12.5 Å². The molecule has 1 aliphatic heterocycles. The maximum absolute atomic E-state index is 13.6. The number of fused-ring (bicyclic) bond motifs is 1. The molecule has 1 N–H and O–H groups in total. The summed E-state index contributed by atoms with van der Waals surface area (Å²) in [6.45, 7) is 1.57. The van der Waals surface area contributed by atoms with Crippen molar-refractivity contribution in [2.45, 2.75) is 25.8 Å². The Morgan fingerprint density at radius 1 is 1.07 bits per heavy atom. The van der Waals surface area contributed by atoms with Gasteiger partial charge >= 0.3 is 0 Å². The summed E-state index contributed by atoms with van der Waals surface area (Å²) in [6, 6.07) is 8.60. The van der Waals surface area contributed by atoms with Crippen LogP contribution in [0.1, 0.15) is 35.2 Å². The largest absolute Gasteiger partial charge is 0.380 e. The van der Waals surface area contributed by atoms with E-state index in [1.165, 1.54) is 12.1 Å². The molecular formula is C22H20ClF2N3O. The topological polar surface area (TPSA) is 45.2 Å². The quantitative estimate of drug-likeness (QED) is 0.620. The van der Waals surface area contributed by atoms with Gasteiger partial charge in [0.05, 0.1) is 16.8 Å². The number of rotatable bonds is 4. The molecule has 29 heavy (non-hydrogen) atoms. The summed E-state index contributed by atoms with van der Waals surface area (Å²) in [5, 5.41) is 4.40. The van der Waals surface area contributed by atoms with Gasteiger partial charge in [-0.1, -0.05) is 11.6 Å². The number of anilines is 1. The van der Waals surface area contributed by atoms with Gasteiger partial charge in [-0.15, -0.1) is 0 Å². The van der Waals surface area contributed by atoms with Gasteiger partial charge in [0.2, 0.25) is 0 Å². The van der Waals surface area contributed by atoms with Crippen LogP contribution in [0.2, 0.25) is 5.02 Å². The molecule has 1 aromatic heterocycles. The average molecular weight is 416 g/mol. The molecule has 7 heteroatoms. The van der Waals surface area contributed by atoms with Gasteiger partial charge in [-0.25, -0.2) is 8.78 Å². The molecule has 0 radical (unpaired) electrons. The Hall–Kier alpha value is -2.73. The number of carbonyl (C=O) groups is 1. The second kappa shape index (κ2) is 8.33. The van der Waals surface area contributed by atoms with E-state index in [1.54, 1.807) is 24.4 Å². The van der Waals surface area contributed by atoms with E-state index in [0.717, 1.165) is 25.3 Å². The first kappa shape index (κ1) is 19.6. The Morgan fingerprint density at radius 2 is 1.79 bits per heavy atom.